The highest BCUT2D eigenvalue weighted by Gasteiger charge is 2.07. The fraction of sp³-hybridized carbons (Fsp3) is 0.200. The summed E-state index contributed by atoms with van der Waals surface area (Å²) in [7, 11) is 0. The summed E-state index contributed by atoms with van der Waals surface area (Å²) >= 11 is 5.76. The molecule has 0 amide bonds. The number of alkyl halides is 1. The summed E-state index contributed by atoms with van der Waals surface area (Å²) < 4.78 is 5.78. The van der Waals surface area contributed by atoms with E-state index in [-0.39, 0.29) is 0 Å². The van der Waals surface area contributed by atoms with E-state index in [2.05, 4.69) is 11.1 Å². The maximum absolute atomic E-state index is 8.91. The van der Waals surface area contributed by atoms with E-state index in [4.69, 9.17) is 21.6 Å². The molecule has 2 aromatic rings. The van der Waals surface area contributed by atoms with E-state index in [1.165, 1.54) is 0 Å². The first kappa shape index (κ1) is 13.4. The second-order valence-corrected chi connectivity index (χ2v) is 4.56. The molecule has 0 N–H and O–H groups in total. The van der Waals surface area contributed by atoms with E-state index in [1.54, 1.807) is 18.3 Å². The maximum Gasteiger partial charge on any atom is 0.222 e. The van der Waals surface area contributed by atoms with Crippen molar-refractivity contribution >= 4 is 11.6 Å². The Balaban J connectivity index is 2.33. The zero-order valence-corrected chi connectivity index (χ0v) is 11.5. The summed E-state index contributed by atoms with van der Waals surface area (Å²) in [5, 5.41) is 8.91. The van der Waals surface area contributed by atoms with E-state index in [0.717, 1.165) is 16.7 Å². The summed E-state index contributed by atoms with van der Waals surface area (Å²) in [5.41, 5.74) is 3.39. The monoisotopic (exact) mass is 272 g/mol. The Hall–Kier alpha value is -2.05. The highest BCUT2D eigenvalue weighted by atomic mass is 35.5. The van der Waals surface area contributed by atoms with Crippen LogP contribution in [0.3, 0.4) is 0 Å². The SMILES string of the molecule is Cc1ccc(C#N)cc1Oc1ncc(CCl)cc1C. The van der Waals surface area contributed by atoms with E-state index in [9.17, 15) is 0 Å². The van der Waals surface area contributed by atoms with Crippen molar-refractivity contribution in [2.75, 3.05) is 0 Å². The van der Waals surface area contributed by atoms with Crippen LogP contribution in [-0.2, 0) is 5.88 Å². The Bertz CT molecular complexity index is 647. The second-order valence-electron chi connectivity index (χ2n) is 4.29. The van der Waals surface area contributed by atoms with Gasteiger partial charge in [-0.25, -0.2) is 4.98 Å². The van der Waals surface area contributed by atoms with Gasteiger partial charge in [0.15, 0.2) is 0 Å². The highest BCUT2D eigenvalue weighted by molar-refractivity contribution is 6.17. The summed E-state index contributed by atoms with van der Waals surface area (Å²) in [4.78, 5) is 4.25. The van der Waals surface area contributed by atoms with Crippen LogP contribution in [0.15, 0.2) is 30.5 Å². The molecule has 0 bridgehead atoms. The average Bonchev–Trinajstić information content (AvgIpc) is 2.43. The molecule has 96 valence electrons. The summed E-state index contributed by atoms with van der Waals surface area (Å²) in [5.74, 6) is 1.61. The predicted molar refractivity (Wildman–Crippen MR) is 74.5 cm³/mol. The molecule has 0 fully saturated rings. The van der Waals surface area contributed by atoms with Crippen LogP contribution < -0.4 is 4.74 Å². The minimum atomic E-state index is 0.428. The molecule has 0 aliphatic carbocycles. The third-order valence-electron chi connectivity index (χ3n) is 2.77. The van der Waals surface area contributed by atoms with Gasteiger partial charge in [-0.05, 0) is 43.2 Å². The lowest BCUT2D eigenvalue weighted by Crippen LogP contribution is -1.95. The number of ether oxygens (including phenoxy) is 1. The Morgan fingerprint density at radius 3 is 2.68 bits per heavy atom. The molecule has 2 rings (SSSR count). The number of hydrogen-bond acceptors (Lipinski definition) is 3. The number of pyridine rings is 1. The van der Waals surface area contributed by atoms with E-state index < -0.39 is 0 Å². The fourth-order valence-corrected chi connectivity index (χ4v) is 1.83. The molecule has 0 radical (unpaired) electrons. The topological polar surface area (TPSA) is 45.9 Å². The lowest BCUT2D eigenvalue weighted by Gasteiger charge is -2.10. The van der Waals surface area contributed by atoms with Gasteiger partial charge in [-0.15, -0.1) is 11.6 Å². The molecule has 1 heterocycles. The van der Waals surface area contributed by atoms with Crippen LogP contribution in [0.1, 0.15) is 22.3 Å². The van der Waals surface area contributed by atoms with Crippen LogP contribution in [-0.4, -0.2) is 4.98 Å². The normalized spacial score (nSPS) is 10.0. The largest absolute Gasteiger partial charge is 0.438 e. The molecule has 1 aromatic heterocycles. The van der Waals surface area contributed by atoms with E-state index in [1.807, 2.05) is 26.0 Å². The van der Waals surface area contributed by atoms with Gasteiger partial charge in [-0.2, -0.15) is 5.26 Å². The number of nitrogens with zero attached hydrogens (tertiary/aromatic N) is 2. The third kappa shape index (κ3) is 3.04. The van der Waals surface area contributed by atoms with Crippen molar-refractivity contribution in [1.82, 2.24) is 4.98 Å². The first-order chi connectivity index (χ1) is 9.13. The van der Waals surface area contributed by atoms with Crippen LogP contribution in [0.5, 0.6) is 11.6 Å². The van der Waals surface area contributed by atoms with Crippen LogP contribution >= 0.6 is 11.6 Å². The Kier molecular flexibility index (Phi) is 4.03. The average molecular weight is 273 g/mol. The van der Waals surface area contributed by atoms with Crippen LogP contribution in [0.2, 0.25) is 0 Å². The molecule has 0 aliphatic rings. The van der Waals surface area contributed by atoms with Crippen molar-refractivity contribution in [3.8, 4) is 17.7 Å². The molecule has 0 unspecified atom stereocenters. The molecular formula is C15H13ClN2O. The number of benzene rings is 1. The van der Waals surface area contributed by atoms with Crippen LogP contribution in [0.4, 0.5) is 0 Å². The van der Waals surface area contributed by atoms with Gasteiger partial charge in [0.1, 0.15) is 5.75 Å². The third-order valence-corrected chi connectivity index (χ3v) is 3.07. The Morgan fingerprint density at radius 2 is 2.05 bits per heavy atom. The standard InChI is InChI=1S/C15H13ClN2O/c1-10-3-4-12(8-17)6-14(10)19-15-11(2)5-13(7-16)9-18-15/h3-6,9H,7H2,1-2H3. The molecule has 3 nitrogen and oxygen atoms in total. The number of aryl methyl sites for hydroxylation is 2. The quantitative estimate of drug-likeness (QED) is 0.790. The number of aromatic nitrogens is 1. The molecule has 0 spiro atoms. The minimum Gasteiger partial charge on any atom is -0.438 e. The summed E-state index contributed by atoms with van der Waals surface area (Å²) in [6, 6.07) is 9.37. The van der Waals surface area contributed by atoms with Gasteiger partial charge in [0, 0.05) is 17.6 Å². The van der Waals surface area contributed by atoms with Gasteiger partial charge in [-0.1, -0.05) is 6.07 Å². The molecule has 0 saturated carbocycles. The van der Waals surface area contributed by atoms with Gasteiger partial charge in [-0.3, -0.25) is 0 Å². The predicted octanol–water partition coefficient (Wildman–Crippen LogP) is 4.10. The highest BCUT2D eigenvalue weighted by Crippen LogP contribution is 2.27. The molecule has 0 aliphatic heterocycles. The van der Waals surface area contributed by atoms with E-state index >= 15 is 0 Å². The Morgan fingerprint density at radius 1 is 1.26 bits per heavy atom. The van der Waals surface area contributed by atoms with Crippen LogP contribution in [0, 0.1) is 25.2 Å². The van der Waals surface area contributed by atoms with Crippen molar-refractivity contribution < 1.29 is 4.74 Å². The zero-order valence-electron chi connectivity index (χ0n) is 10.8. The zero-order chi connectivity index (χ0) is 13.8. The lowest BCUT2D eigenvalue weighted by molar-refractivity contribution is 0.455. The van der Waals surface area contributed by atoms with Crippen molar-refractivity contribution in [2.24, 2.45) is 0 Å². The van der Waals surface area contributed by atoms with Crippen molar-refractivity contribution in [1.29, 1.82) is 5.26 Å². The van der Waals surface area contributed by atoms with E-state index in [0.29, 0.717) is 23.1 Å². The molecule has 19 heavy (non-hydrogen) atoms. The maximum atomic E-state index is 8.91. The minimum absolute atomic E-state index is 0.428. The van der Waals surface area contributed by atoms with Gasteiger partial charge >= 0.3 is 0 Å². The number of hydrogen-bond donors (Lipinski definition) is 0. The second kappa shape index (κ2) is 5.73. The molecule has 0 atom stereocenters. The smallest absolute Gasteiger partial charge is 0.222 e. The molecule has 0 saturated heterocycles. The van der Waals surface area contributed by atoms with Crippen molar-refractivity contribution in [2.45, 2.75) is 19.7 Å². The molecular weight excluding hydrogens is 260 g/mol. The fourth-order valence-electron chi connectivity index (χ4n) is 1.68. The summed E-state index contributed by atoms with van der Waals surface area (Å²) in [6.07, 6.45) is 1.69. The first-order valence-corrected chi connectivity index (χ1v) is 6.37. The van der Waals surface area contributed by atoms with Crippen molar-refractivity contribution in [3.63, 3.8) is 0 Å². The number of rotatable bonds is 3. The lowest BCUT2D eigenvalue weighted by atomic mass is 10.1. The van der Waals surface area contributed by atoms with Gasteiger partial charge < -0.3 is 4.74 Å². The van der Waals surface area contributed by atoms with Crippen molar-refractivity contribution in [3.05, 3.63) is 52.7 Å². The first-order valence-electron chi connectivity index (χ1n) is 5.84. The summed E-state index contributed by atoms with van der Waals surface area (Å²) in [6.45, 7) is 3.85. The number of halogens is 1. The van der Waals surface area contributed by atoms with Gasteiger partial charge in [0.05, 0.1) is 11.6 Å². The Labute approximate surface area is 117 Å². The molecule has 1 aromatic carbocycles. The van der Waals surface area contributed by atoms with Gasteiger partial charge in [0.2, 0.25) is 5.88 Å². The van der Waals surface area contributed by atoms with Crippen LogP contribution in [0.25, 0.3) is 0 Å². The van der Waals surface area contributed by atoms with Gasteiger partial charge in [0.25, 0.3) is 0 Å². The number of nitriles is 1. The molecule has 4 heteroatoms.